The summed E-state index contributed by atoms with van der Waals surface area (Å²) in [5, 5.41) is 0.520. The minimum atomic E-state index is -3.74. The summed E-state index contributed by atoms with van der Waals surface area (Å²) in [6.45, 7) is 0.589. The highest BCUT2D eigenvalue weighted by atomic mass is 32.2. The van der Waals surface area contributed by atoms with Crippen LogP contribution in [0.4, 0.5) is 4.39 Å². The zero-order valence-electron chi connectivity index (χ0n) is 15.6. The number of ether oxygens (including phenoxy) is 1. The lowest BCUT2D eigenvalue weighted by Gasteiger charge is -2.34. The van der Waals surface area contributed by atoms with Crippen LogP contribution < -0.4 is 4.74 Å². The average Bonchev–Trinajstić information content (AvgIpc) is 3.18. The number of halogens is 1. The Morgan fingerprint density at radius 3 is 2.66 bits per heavy atom. The number of hydrogen-bond acceptors (Lipinski definition) is 5. The first kappa shape index (κ1) is 19.3. The Labute approximate surface area is 167 Å². The Morgan fingerprint density at radius 1 is 1.21 bits per heavy atom. The SMILES string of the molecule is COc1ccc(C(=O)N2CCN(S(=O)(=O)c3c[nH]c4ncccc34)CC2)c(F)c1. The molecule has 1 saturated heterocycles. The lowest BCUT2D eigenvalue weighted by molar-refractivity contribution is 0.0693. The second-order valence-corrected chi connectivity index (χ2v) is 8.50. The van der Waals surface area contributed by atoms with Crippen molar-refractivity contribution in [3.63, 3.8) is 0 Å². The van der Waals surface area contributed by atoms with Crippen molar-refractivity contribution in [3.8, 4) is 5.75 Å². The normalized spacial score (nSPS) is 15.6. The number of methoxy groups -OCH3 is 1. The predicted molar refractivity (Wildman–Crippen MR) is 104 cm³/mol. The zero-order chi connectivity index (χ0) is 20.6. The maximum atomic E-state index is 14.2. The van der Waals surface area contributed by atoms with E-state index in [4.69, 9.17) is 4.74 Å². The van der Waals surface area contributed by atoms with Crippen LogP contribution in [0.2, 0.25) is 0 Å². The highest BCUT2D eigenvalue weighted by Gasteiger charge is 2.32. The molecule has 0 saturated carbocycles. The van der Waals surface area contributed by atoms with Crippen LogP contribution in [-0.2, 0) is 10.0 Å². The number of carbonyl (C=O) groups is 1. The van der Waals surface area contributed by atoms with E-state index in [1.807, 2.05) is 0 Å². The number of aromatic amines is 1. The van der Waals surface area contributed by atoms with Crippen molar-refractivity contribution >= 4 is 27.0 Å². The van der Waals surface area contributed by atoms with Gasteiger partial charge in [-0.2, -0.15) is 4.31 Å². The fraction of sp³-hybridized carbons (Fsp3) is 0.263. The number of carbonyl (C=O) groups excluding carboxylic acids is 1. The van der Waals surface area contributed by atoms with Gasteiger partial charge in [-0.3, -0.25) is 4.79 Å². The summed E-state index contributed by atoms with van der Waals surface area (Å²) in [6, 6.07) is 7.41. The third-order valence-electron chi connectivity index (χ3n) is 4.96. The molecule has 0 aliphatic carbocycles. The van der Waals surface area contributed by atoms with Crippen molar-refractivity contribution in [2.45, 2.75) is 4.90 Å². The quantitative estimate of drug-likeness (QED) is 0.698. The highest BCUT2D eigenvalue weighted by molar-refractivity contribution is 7.89. The van der Waals surface area contributed by atoms with E-state index in [9.17, 15) is 17.6 Å². The summed E-state index contributed by atoms with van der Waals surface area (Å²) in [4.78, 5) is 21.2. The van der Waals surface area contributed by atoms with Crippen LogP contribution >= 0.6 is 0 Å². The number of benzene rings is 1. The van der Waals surface area contributed by atoms with Crippen LogP contribution in [0, 0.1) is 5.82 Å². The first-order valence-electron chi connectivity index (χ1n) is 8.97. The van der Waals surface area contributed by atoms with Crippen LogP contribution in [-0.4, -0.2) is 66.8 Å². The Bertz CT molecular complexity index is 1170. The fourth-order valence-corrected chi connectivity index (χ4v) is 4.95. The minimum absolute atomic E-state index is 0.0650. The van der Waals surface area contributed by atoms with E-state index in [0.717, 1.165) is 6.07 Å². The van der Waals surface area contributed by atoms with E-state index < -0.39 is 21.7 Å². The second-order valence-electron chi connectivity index (χ2n) is 6.59. The van der Waals surface area contributed by atoms with E-state index in [0.29, 0.717) is 16.8 Å². The molecule has 152 valence electrons. The molecule has 1 aliphatic heterocycles. The predicted octanol–water partition coefficient (Wildman–Crippen LogP) is 1.86. The number of rotatable bonds is 4. The molecule has 10 heteroatoms. The molecule has 0 radical (unpaired) electrons. The fourth-order valence-electron chi connectivity index (χ4n) is 3.38. The molecule has 8 nitrogen and oxygen atoms in total. The molecule has 1 aromatic carbocycles. The van der Waals surface area contributed by atoms with Crippen LogP contribution in [0.25, 0.3) is 11.0 Å². The van der Waals surface area contributed by atoms with Gasteiger partial charge < -0.3 is 14.6 Å². The van der Waals surface area contributed by atoms with Gasteiger partial charge in [0.2, 0.25) is 10.0 Å². The summed E-state index contributed by atoms with van der Waals surface area (Å²) in [5.41, 5.74) is 0.430. The minimum Gasteiger partial charge on any atom is -0.497 e. The Balaban J connectivity index is 1.50. The molecule has 1 aliphatic rings. The molecule has 3 heterocycles. The largest absolute Gasteiger partial charge is 0.497 e. The molecule has 1 N–H and O–H groups in total. The van der Waals surface area contributed by atoms with Gasteiger partial charge in [0.15, 0.2) is 0 Å². The van der Waals surface area contributed by atoms with Crippen molar-refractivity contribution in [2.75, 3.05) is 33.3 Å². The van der Waals surface area contributed by atoms with Crippen LogP contribution in [0.1, 0.15) is 10.4 Å². The zero-order valence-corrected chi connectivity index (χ0v) is 16.4. The van der Waals surface area contributed by atoms with Crippen LogP contribution in [0.5, 0.6) is 5.75 Å². The average molecular weight is 418 g/mol. The molecule has 29 heavy (non-hydrogen) atoms. The van der Waals surface area contributed by atoms with Gasteiger partial charge in [-0.05, 0) is 24.3 Å². The van der Waals surface area contributed by atoms with Gasteiger partial charge in [0.1, 0.15) is 22.1 Å². The molecule has 0 atom stereocenters. The Kier molecular flexibility index (Phi) is 4.97. The lowest BCUT2D eigenvalue weighted by Crippen LogP contribution is -2.50. The van der Waals surface area contributed by atoms with Crippen molar-refractivity contribution in [2.24, 2.45) is 0 Å². The molecule has 0 bridgehead atoms. The van der Waals surface area contributed by atoms with Gasteiger partial charge in [-0.25, -0.2) is 17.8 Å². The summed E-state index contributed by atoms with van der Waals surface area (Å²) >= 11 is 0. The van der Waals surface area contributed by atoms with E-state index in [1.165, 1.54) is 34.6 Å². The third kappa shape index (κ3) is 3.45. The van der Waals surface area contributed by atoms with Crippen LogP contribution in [0.3, 0.4) is 0 Å². The summed E-state index contributed by atoms with van der Waals surface area (Å²) < 4.78 is 46.5. The number of nitrogens with one attached hydrogen (secondary N) is 1. The molecule has 4 rings (SSSR count). The molecule has 2 aromatic heterocycles. The number of nitrogens with zero attached hydrogens (tertiary/aromatic N) is 3. The van der Waals surface area contributed by atoms with Gasteiger partial charge in [0.05, 0.1) is 12.7 Å². The molecule has 1 fully saturated rings. The number of amides is 1. The molecule has 0 spiro atoms. The molecule has 3 aromatic rings. The number of pyridine rings is 1. The maximum absolute atomic E-state index is 14.2. The van der Waals surface area contributed by atoms with Gasteiger partial charge in [-0.1, -0.05) is 0 Å². The number of H-pyrrole nitrogens is 1. The number of piperazine rings is 1. The van der Waals surface area contributed by atoms with Crippen LogP contribution in [0.15, 0.2) is 47.6 Å². The first-order chi connectivity index (χ1) is 13.9. The van der Waals surface area contributed by atoms with Crippen molar-refractivity contribution in [1.82, 2.24) is 19.2 Å². The van der Waals surface area contributed by atoms with E-state index in [2.05, 4.69) is 9.97 Å². The molecule has 1 amide bonds. The van der Waals surface area contributed by atoms with E-state index >= 15 is 0 Å². The van der Waals surface area contributed by atoms with Gasteiger partial charge in [0.25, 0.3) is 5.91 Å². The summed E-state index contributed by atoms with van der Waals surface area (Å²) in [5.74, 6) is -0.822. The van der Waals surface area contributed by atoms with E-state index in [-0.39, 0.29) is 36.6 Å². The molecule has 0 unspecified atom stereocenters. The molecular weight excluding hydrogens is 399 g/mol. The third-order valence-corrected chi connectivity index (χ3v) is 6.90. The number of fused-ring (bicyclic) bond motifs is 1. The highest BCUT2D eigenvalue weighted by Crippen LogP contribution is 2.25. The molecular formula is C19H19FN4O4S. The van der Waals surface area contributed by atoms with Crippen molar-refractivity contribution < 1.29 is 22.3 Å². The number of hydrogen-bond donors (Lipinski definition) is 1. The Hall–Kier alpha value is -2.98. The first-order valence-corrected chi connectivity index (χ1v) is 10.4. The smallest absolute Gasteiger partial charge is 0.256 e. The summed E-state index contributed by atoms with van der Waals surface area (Å²) in [7, 11) is -2.33. The van der Waals surface area contributed by atoms with Gasteiger partial charge in [0, 0.05) is 50.0 Å². The number of sulfonamides is 1. The van der Waals surface area contributed by atoms with Gasteiger partial charge >= 0.3 is 0 Å². The monoisotopic (exact) mass is 418 g/mol. The Morgan fingerprint density at radius 2 is 1.97 bits per heavy atom. The summed E-state index contributed by atoms with van der Waals surface area (Å²) in [6.07, 6.45) is 3.01. The van der Waals surface area contributed by atoms with Gasteiger partial charge in [-0.15, -0.1) is 0 Å². The van der Waals surface area contributed by atoms with E-state index in [1.54, 1.807) is 18.3 Å². The maximum Gasteiger partial charge on any atom is 0.256 e. The topological polar surface area (TPSA) is 95.6 Å². The second kappa shape index (κ2) is 7.45. The van der Waals surface area contributed by atoms with Crippen molar-refractivity contribution in [3.05, 3.63) is 54.1 Å². The standard InChI is InChI=1S/C19H19FN4O4S/c1-28-13-4-5-14(16(20)11-13)19(25)23-7-9-24(10-8-23)29(26,27)17-12-22-18-15(17)3-2-6-21-18/h2-6,11-12H,7-10H2,1H3,(H,21,22). The van der Waals surface area contributed by atoms with Crippen molar-refractivity contribution in [1.29, 1.82) is 0 Å². The number of aromatic nitrogens is 2. The lowest BCUT2D eigenvalue weighted by atomic mass is 10.1.